The Kier molecular flexibility index (Phi) is 3.21. The van der Waals surface area contributed by atoms with E-state index in [0.29, 0.717) is 6.54 Å². The number of aromatic amines is 1. The number of hydrogen-bond donors (Lipinski definition) is 3. The number of nitrogens with zero attached hydrogens (tertiary/aromatic N) is 2. The summed E-state index contributed by atoms with van der Waals surface area (Å²) in [5.74, 6) is -0.671. The van der Waals surface area contributed by atoms with Crippen LogP contribution >= 0.6 is 0 Å². The smallest absolute Gasteiger partial charge is 0.326 e. The lowest BCUT2D eigenvalue weighted by molar-refractivity contribution is -0.142. The molecule has 7 nitrogen and oxygen atoms in total. The summed E-state index contributed by atoms with van der Waals surface area (Å²) >= 11 is 0. The second-order valence-electron chi connectivity index (χ2n) is 5.50. The van der Waals surface area contributed by atoms with Crippen LogP contribution in [0.25, 0.3) is 0 Å². The van der Waals surface area contributed by atoms with Crippen molar-refractivity contribution in [1.82, 2.24) is 9.97 Å². The lowest BCUT2D eigenvalue weighted by Gasteiger charge is -2.44. The highest BCUT2D eigenvalue weighted by atomic mass is 16.4. The molecule has 104 valence electrons. The summed E-state index contributed by atoms with van der Waals surface area (Å²) in [5, 5.41) is 9.47. The van der Waals surface area contributed by atoms with E-state index in [4.69, 9.17) is 5.73 Å². The zero-order valence-corrected chi connectivity index (χ0v) is 11.0. The predicted octanol–water partition coefficient (Wildman–Crippen LogP) is 0.432. The Morgan fingerprint density at radius 1 is 1.63 bits per heavy atom. The number of carboxylic acid groups (broad SMARTS) is 1. The molecular weight excluding hydrogens is 248 g/mol. The molecular formula is C12H18N4O3. The van der Waals surface area contributed by atoms with Crippen LogP contribution in [0.3, 0.4) is 0 Å². The summed E-state index contributed by atoms with van der Waals surface area (Å²) in [6.07, 6.45) is 2.89. The van der Waals surface area contributed by atoms with Crippen molar-refractivity contribution in [3.8, 4) is 0 Å². The number of aromatic nitrogens is 2. The van der Waals surface area contributed by atoms with Crippen molar-refractivity contribution in [2.75, 3.05) is 17.2 Å². The highest BCUT2D eigenvalue weighted by molar-refractivity contribution is 5.81. The first-order chi connectivity index (χ1) is 8.84. The average Bonchev–Trinajstić information content (AvgIpc) is 2.30. The van der Waals surface area contributed by atoms with Crippen LogP contribution < -0.4 is 16.2 Å². The van der Waals surface area contributed by atoms with Crippen molar-refractivity contribution in [3.63, 3.8) is 0 Å². The van der Waals surface area contributed by atoms with Crippen molar-refractivity contribution >= 4 is 17.5 Å². The first-order valence-corrected chi connectivity index (χ1v) is 6.17. The van der Waals surface area contributed by atoms with Crippen molar-refractivity contribution in [1.29, 1.82) is 0 Å². The largest absolute Gasteiger partial charge is 0.480 e. The quantitative estimate of drug-likeness (QED) is 0.715. The molecule has 2 rings (SSSR count). The molecule has 0 saturated carbocycles. The summed E-state index contributed by atoms with van der Waals surface area (Å²) in [6.45, 7) is 4.34. The molecule has 1 aliphatic rings. The van der Waals surface area contributed by atoms with E-state index in [1.165, 1.54) is 6.33 Å². The molecule has 1 fully saturated rings. The number of aliphatic carboxylic acids is 1. The Morgan fingerprint density at radius 2 is 2.32 bits per heavy atom. The van der Waals surface area contributed by atoms with Gasteiger partial charge in [0, 0.05) is 6.54 Å². The number of piperidine rings is 1. The van der Waals surface area contributed by atoms with Gasteiger partial charge in [0.1, 0.15) is 11.7 Å². The van der Waals surface area contributed by atoms with E-state index >= 15 is 0 Å². The monoisotopic (exact) mass is 266 g/mol. The van der Waals surface area contributed by atoms with E-state index in [1.807, 2.05) is 13.8 Å². The van der Waals surface area contributed by atoms with Crippen LogP contribution in [0.4, 0.5) is 11.5 Å². The first-order valence-electron chi connectivity index (χ1n) is 6.17. The summed E-state index contributed by atoms with van der Waals surface area (Å²) in [7, 11) is 0. The highest BCUT2D eigenvalue weighted by Crippen LogP contribution is 2.38. The molecule has 0 spiro atoms. The van der Waals surface area contributed by atoms with Crippen molar-refractivity contribution in [2.45, 2.75) is 32.7 Å². The maximum Gasteiger partial charge on any atom is 0.326 e. The number of nitrogens with one attached hydrogen (secondary N) is 1. The number of hydrogen-bond acceptors (Lipinski definition) is 5. The SMILES string of the molecule is CC1(C)CCCN(c2nc[nH]c(=O)c2N)C1C(=O)O. The van der Waals surface area contributed by atoms with Crippen LogP contribution in [-0.2, 0) is 4.79 Å². The van der Waals surface area contributed by atoms with Crippen LogP contribution in [0.5, 0.6) is 0 Å². The summed E-state index contributed by atoms with van der Waals surface area (Å²) in [6, 6.07) is -0.738. The third-order valence-electron chi connectivity index (χ3n) is 3.65. The molecule has 1 atom stereocenters. The van der Waals surface area contributed by atoms with Crippen molar-refractivity contribution in [2.24, 2.45) is 5.41 Å². The molecule has 0 amide bonds. The Bertz CT molecular complexity index is 552. The molecule has 0 aromatic carbocycles. The lowest BCUT2D eigenvalue weighted by atomic mass is 9.76. The van der Waals surface area contributed by atoms with Gasteiger partial charge in [0.15, 0.2) is 5.82 Å². The Labute approximate surface area is 110 Å². The van der Waals surface area contributed by atoms with Crippen molar-refractivity contribution < 1.29 is 9.90 Å². The Hall–Kier alpha value is -2.05. The van der Waals surface area contributed by atoms with Gasteiger partial charge in [-0.1, -0.05) is 13.8 Å². The third-order valence-corrected chi connectivity index (χ3v) is 3.65. The summed E-state index contributed by atoms with van der Waals surface area (Å²) in [4.78, 5) is 31.1. The van der Waals surface area contributed by atoms with Gasteiger partial charge in [-0.3, -0.25) is 4.79 Å². The molecule has 1 saturated heterocycles. The third kappa shape index (κ3) is 2.27. The minimum Gasteiger partial charge on any atom is -0.480 e. The zero-order valence-electron chi connectivity index (χ0n) is 11.0. The van der Waals surface area contributed by atoms with Gasteiger partial charge in [0.2, 0.25) is 0 Å². The number of nitrogen functional groups attached to an aromatic ring is 1. The summed E-state index contributed by atoms with van der Waals surface area (Å²) in [5.41, 5.74) is 4.84. The molecule has 4 N–H and O–H groups in total. The minimum atomic E-state index is -0.925. The number of nitrogens with two attached hydrogens (primary N) is 1. The summed E-state index contributed by atoms with van der Waals surface area (Å²) < 4.78 is 0. The second-order valence-corrected chi connectivity index (χ2v) is 5.50. The Morgan fingerprint density at radius 3 is 2.95 bits per heavy atom. The molecule has 0 aliphatic carbocycles. The van der Waals surface area contributed by atoms with Gasteiger partial charge in [-0.15, -0.1) is 0 Å². The molecule has 19 heavy (non-hydrogen) atoms. The van der Waals surface area contributed by atoms with Crippen LogP contribution in [0.15, 0.2) is 11.1 Å². The van der Waals surface area contributed by atoms with Gasteiger partial charge < -0.3 is 20.7 Å². The number of anilines is 2. The Balaban J connectivity index is 2.50. The maximum absolute atomic E-state index is 11.6. The number of carboxylic acids is 1. The minimum absolute atomic E-state index is 0.0357. The van der Waals surface area contributed by atoms with Crippen LogP contribution in [-0.4, -0.2) is 33.6 Å². The topological polar surface area (TPSA) is 112 Å². The van der Waals surface area contributed by atoms with Gasteiger partial charge in [-0.25, -0.2) is 9.78 Å². The molecule has 1 aromatic heterocycles. The molecule has 2 heterocycles. The standard InChI is InChI=1S/C12H18N4O3/c1-12(2)4-3-5-16(8(12)11(18)19)9-7(13)10(17)15-6-14-9/h6,8H,3-5,13H2,1-2H3,(H,18,19)(H,14,15,17). The zero-order chi connectivity index (χ0) is 14.2. The van der Waals surface area contributed by atoms with E-state index < -0.39 is 23.0 Å². The molecule has 1 aromatic rings. The van der Waals surface area contributed by atoms with Gasteiger partial charge in [-0.05, 0) is 18.3 Å². The number of H-pyrrole nitrogens is 1. The maximum atomic E-state index is 11.6. The second kappa shape index (κ2) is 4.56. The van der Waals surface area contributed by atoms with E-state index in [0.717, 1.165) is 12.8 Å². The van der Waals surface area contributed by atoms with Crippen LogP contribution in [0.2, 0.25) is 0 Å². The highest BCUT2D eigenvalue weighted by Gasteiger charge is 2.43. The number of carbonyl (C=O) groups is 1. The first kappa shape index (κ1) is 13.4. The number of rotatable bonds is 2. The fraction of sp³-hybridized carbons (Fsp3) is 0.583. The molecule has 0 radical (unpaired) electrons. The van der Waals surface area contributed by atoms with Crippen molar-refractivity contribution in [3.05, 3.63) is 16.7 Å². The van der Waals surface area contributed by atoms with Gasteiger partial charge in [-0.2, -0.15) is 0 Å². The van der Waals surface area contributed by atoms with E-state index in [9.17, 15) is 14.7 Å². The molecule has 7 heteroatoms. The molecule has 0 bridgehead atoms. The average molecular weight is 266 g/mol. The van der Waals surface area contributed by atoms with Crippen LogP contribution in [0.1, 0.15) is 26.7 Å². The van der Waals surface area contributed by atoms with E-state index in [1.54, 1.807) is 4.90 Å². The van der Waals surface area contributed by atoms with E-state index in [-0.39, 0.29) is 11.5 Å². The fourth-order valence-electron chi connectivity index (χ4n) is 2.72. The predicted molar refractivity (Wildman–Crippen MR) is 71.1 cm³/mol. The normalized spacial score (nSPS) is 22.2. The van der Waals surface area contributed by atoms with Gasteiger partial charge >= 0.3 is 5.97 Å². The molecule has 1 unspecified atom stereocenters. The fourth-order valence-corrected chi connectivity index (χ4v) is 2.72. The van der Waals surface area contributed by atoms with Gasteiger partial charge in [0.25, 0.3) is 5.56 Å². The van der Waals surface area contributed by atoms with Gasteiger partial charge in [0.05, 0.1) is 6.33 Å². The van der Waals surface area contributed by atoms with E-state index in [2.05, 4.69) is 9.97 Å². The van der Waals surface area contributed by atoms with Crippen LogP contribution in [0, 0.1) is 5.41 Å². The lowest BCUT2D eigenvalue weighted by Crippen LogP contribution is -2.55. The molecule has 1 aliphatic heterocycles.